The van der Waals surface area contributed by atoms with Crippen molar-refractivity contribution in [1.29, 1.82) is 0 Å². The molecule has 1 aromatic heterocycles. The molecule has 25 heavy (non-hydrogen) atoms. The predicted molar refractivity (Wildman–Crippen MR) is 93.0 cm³/mol. The van der Waals surface area contributed by atoms with Crippen LogP contribution in [0, 0.1) is 12.7 Å². The third kappa shape index (κ3) is 3.55. The Morgan fingerprint density at radius 2 is 2.08 bits per heavy atom. The summed E-state index contributed by atoms with van der Waals surface area (Å²) in [6, 6.07) is 4.62. The Morgan fingerprint density at radius 3 is 2.76 bits per heavy atom. The molecule has 0 bridgehead atoms. The van der Waals surface area contributed by atoms with Crippen LogP contribution in [0.5, 0.6) is 0 Å². The number of amides is 1. The topological polar surface area (TPSA) is 69.3 Å². The van der Waals surface area contributed by atoms with E-state index in [0.717, 1.165) is 16.8 Å². The maximum absolute atomic E-state index is 13.2. The van der Waals surface area contributed by atoms with Crippen LogP contribution >= 0.6 is 0 Å². The molecule has 1 saturated heterocycles. The number of aromatic nitrogens is 2. The van der Waals surface area contributed by atoms with E-state index in [0.29, 0.717) is 31.6 Å². The lowest BCUT2D eigenvalue weighted by atomic mass is 10.1. The van der Waals surface area contributed by atoms with Gasteiger partial charge in [-0.05, 0) is 36.6 Å². The molecule has 0 aliphatic carbocycles. The number of H-pyrrole nitrogens is 1. The van der Waals surface area contributed by atoms with Crippen LogP contribution in [-0.4, -0.2) is 40.6 Å². The lowest BCUT2D eigenvalue weighted by Gasteiger charge is -2.36. The largest absolute Gasteiger partial charge is 0.359 e. The minimum atomic E-state index is -0.272. The number of carbonyl (C=O) groups excluding carboxylic acids is 1. The number of benzene rings is 1. The molecule has 0 saturated carbocycles. The van der Waals surface area contributed by atoms with Gasteiger partial charge in [0.25, 0.3) is 5.56 Å². The molecule has 0 atom stereocenters. The van der Waals surface area contributed by atoms with Crippen LogP contribution in [0.1, 0.15) is 23.6 Å². The van der Waals surface area contributed by atoms with Gasteiger partial charge in [-0.1, -0.05) is 13.0 Å². The zero-order valence-corrected chi connectivity index (χ0v) is 14.4. The molecule has 1 N–H and O–H groups in total. The summed E-state index contributed by atoms with van der Waals surface area (Å²) in [6.07, 6.45) is 2.18. The second-order valence-corrected chi connectivity index (χ2v) is 6.22. The Hall–Kier alpha value is -2.70. The average molecular weight is 344 g/mol. The molecular weight excluding hydrogens is 323 g/mol. The monoisotopic (exact) mass is 344 g/mol. The Morgan fingerprint density at radius 1 is 1.28 bits per heavy atom. The number of anilines is 1. The minimum Gasteiger partial charge on any atom is -0.359 e. The highest BCUT2D eigenvalue weighted by Gasteiger charge is 2.26. The molecule has 3 rings (SSSR count). The van der Waals surface area contributed by atoms with Gasteiger partial charge in [0.05, 0.1) is 18.4 Å². The molecule has 6 nitrogen and oxygen atoms in total. The number of piperazine rings is 1. The molecule has 1 aliphatic heterocycles. The van der Waals surface area contributed by atoms with Crippen molar-refractivity contribution >= 4 is 11.6 Å². The highest BCUT2D eigenvalue weighted by molar-refractivity contribution is 5.83. The van der Waals surface area contributed by atoms with E-state index in [2.05, 4.69) is 10.2 Å². The summed E-state index contributed by atoms with van der Waals surface area (Å²) in [7, 11) is 0. The van der Waals surface area contributed by atoms with E-state index in [1.807, 2.05) is 18.7 Å². The van der Waals surface area contributed by atoms with Crippen LogP contribution < -0.4 is 10.5 Å². The number of carbonyl (C=O) groups is 1. The first-order valence-corrected chi connectivity index (χ1v) is 8.34. The van der Waals surface area contributed by atoms with Crippen LogP contribution in [0.3, 0.4) is 0 Å². The Labute approximate surface area is 145 Å². The summed E-state index contributed by atoms with van der Waals surface area (Å²) < 4.78 is 13.2. The number of aromatic amines is 1. The standard InChI is InChI=1S/C18H21FN4O2/c1-3-15-16(9-20-21-18(15)25)22-6-7-23(17(24)11-22)10-13-4-5-14(19)8-12(13)2/h4-5,8-9H,3,6-7,10-11H2,1-2H3,(H,21,25). The first kappa shape index (κ1) is 17.1. The Kier molecular flexibility index (Phi) is 4.83. The summed E-state index contributed by atoms with van der Waals surface area (Å²) in [4.78, 5) is 28.1. The van der Waals surface area contributed by atoms with Crippen LogP contribution in [0.15, 0.2) is 29.2 Å². The van der Waals surface area contributed by atoms with E-state index in [4.69, 9.17) is 0 Å². The van der Waals surface area contributed by atoms with E-state index in [-0.39, 0.29) is 23.8 Å². The number of rotatable bonds is 4. The van der Waals surface area contributed by atoms with E-state index >= 15 is 0 Å². The van der Waals surface area contributed by atoms with Crippen molar-refractivity contribution in [2.45, 2.75) is 26.8 Å². The number of hydrogen-bond acceptors (Lipinski definition) is 4. The summed E-state index contributed by atoms with van der Waals surface area (Å²) in [5.41, 5.74) is 2.93. The minimum absolute atomic E-state index is 0.0164. The van der Waals surface area contributed by atoms with Crippen molar-refractivity contribution in [2.75, 3.05) is 24.5 Å². The van der Waals surface area contributed by atoms with Gasteiger partial charge in [-0.3, -0.25) is 9.59 Å². The highest BCUT2D eigenvalue weighted by Crippen LogP contribution is 2.20. The molecule has 1 fully saturated rings. The first-order valence-electron chi connectivity index (χ1n) is 8.34. The normalized spacial score (nSPS) is 14.9. The van der Waals surface area contributed by atoms with Crippen molar-refractivity contribution < 1.29 is 9.18 Å². The SMILES string of the molecule is CCc1c(N2CCN(Cc3ccc(F)cc3C)C(=O)C2)cn[nH]c1=O. The summed E-state index contributed by atoms with van der Waals surface area (Å²) in [6.45, 7) is 5.60. The number of hydrogen-bond donors (Lipinski definition) is 1. The van der Waals surface area contributed by atoms with Crippen LogP contribution in [0.4, 0.5) is 10.1 Å². The third-order valence-corrected chi connectivity index (χ3v) is 4.61. The number of halogens is 1. The fourth-order valence-corrected chi connectivity index (χ4v) is 3.15. The van der Waals surface area contributed by atoms with Gasteiger partial charge in [0.15, 0.2) is 0 Å². The predicted octanol–water partition coefficient (Wildman–Crippen LogP) is 1.63. The molecule has 132 valence electrons. The summed E-state index contributed by atoms with van der Waals surface area (Å²) >= 11 is 0. The van der Waals surface area contributed by atoms with Gasteiger partial charge < -0.3 is 9.80 Å². The lowest BCUT2D eigenvalue weighted by Crippen LogP contribution is -2.50. The van der Waals surface area contributed by atoms with Gasteiger partial charge in [-0.25, -0.2) is 9.49 Å². The van der Waals surface area contributed by atoms with Crippen LogP contribution in [-0.2, 0) is 17.8 Å². The maximum atomic E-state index is 13.2. The van der Waals surface area contributed by atoms with Gasteiger partial charge in [-0.15, -0.1) is 0 Å². The van der Waals surface area contributed by atoms with Crippen LogP contribution in [0.25, 0.3) is 0 Å². The quantitative estimate of drug-likeness (QED) is 0.915. The molecule has 0 spiro atoms. The third-order valence-electron chi connectivity index (χ3n) is 4.61. The fourth-order valence-electron chi connectivity index (χ4n) is 3.15. The second kappa shape index (κ2) is 7.04. The molecule has 1 amide bonds. The van der Waals surface area contributed by atoms with E-state index < -0.39 is 0 Å². The van der Waals surface area contributed by atoms with Gasteiger partial charge in [0.1, 0.15) is 5.82 Å². The zero-order valence-electron chi connectivity index (χ0n) is 14.4. The van der Waals surface area contributed by atoms with E-state index in [1.165, 1.54) is 12.1 Å². The van der Waals surface area contributed by atoms with E-state index in [9.17, 15) is 14.0 Å². The van der Waals surface area contributed by atoms with Crippen molar-refractivity contribution in [1.82, 2.24) is 15.1 Å². The first-order chi connectivity index (χ1) is 12.0. The van der Waals surface area contributed by atoms with Crippen molar-refractivity contribution in [2.24, 2.45) is 0 Å². The van der Waals surface area contributed by atoms with Crippen LogP contribution in [0.2, 0.25) is 0 Å². The van der Waals surface area contributed by atoms with Gasteiger partial charge in [0, 0.05) is 25.2 Å². The molecule has 0 radical (unpaired) electrons. The lowest BCUT2D eigenvalue weighted by molar-refractivity contribution is -0.131. The number of aryl methyl sites for hydroxylation is 1. The summed E-state index contributed by atoms with van der Waals surface area (Å²) in [5, 5.41) is 6.30. The van der Waals surface area contributed by atoms with Crippen molar-refractivity contribution in [3.8, 4) is 0 Å². The molecule has 7 heteroatoms. The molecule has 2 aromatic rings. The molecule has 0 unspecified atom stereocenters. The smallest absolute Gasteiger partial charge is 0.269 e. The van der Waals surface area contributed by atoms with E-state index in [1.54, 1.807) is 17.2 Å². The molecule has 2 heterocycles. The molecule has 1 aliphatic rings. The van der Waals surface area contributed by atoms with Gasteiger partial charge in [0.2, 0.25) is 5.91 Å². The summed E-state index contributed by atoms with van der Waals surface area (Å²) in [5.74, 6) is -0.288. The fraction of sp³-hybridized carbons (Fsp3) is 0.389. The highest BCUT2D eigenvalue weighted by atomic mass is 19.1. The molecular formula is C18H21FN4O2. The maximum Gasteiger partial charge on any atom is 0.269 e. The second-order valence-electron chi connectivity index (χ2n) is 6.22. The van der Waals surface area contributed by atoms with Gasteiger partial charge in [-0.2, -0.15) is 5.10 Å². The van der Waals surface area contributed by atoms with Gasteiger partial charge >= 0.3 is 0 Å². The Bertz CT molecular complexity index is 849. The number of nitrogens with zero attached hydrogens (tertiary/aromatic N) is 3. The average Bonchev–Trinajstić information content (AvgIpc) is 2.58. The zero-order chi connectivity index (χ0) is 18.0. The molecule has 1 aromatic carbocycles. The Balaban J connectivity index is 1.74. The van der Waals surface area contributed by atoms with Crippen molar-refractivity contribution in [3.05, 3.63) is 57.3 Å². The number of nitrogens with one attached hydrogen (secondary N) is 1. The van der Waals surface area contributed by atoms with Crippen molar-refractivity contribution in [3.63, 3.8) is 0 Å².